The molecule has 1 aromatic carbocycles. The van der Waals surface area contributed by atoms with Gasteiger partial charge in [-0.2, -0.15) is 0 Å². The summed E-state index contributed by atoms with van der Waals surface area (Å²) in [7, 11) is 0. The van der Waals surface area contributed by atoms with Gasteiger partial charge in [0.1, 0.15) is 0 Å². The number of rotatable bonds is 9. The molecular weight excluding hydrogens is 288 g/mol. The Kier molecular flexibility index (Phi) is 7.98. The van der Waals surface area contributed by atoms with E-state index >= 15 is 0 Å². The maximum atomic E-state index is 5.62. The molecular formula is C15H23BrN2. The fraction of sp³-hybridized carbons (Fsp3) is 0.467. The second kappa shape index (κ2) is 9.31. The molecule has 1 aromatic rings. The summed E-state index contributed by atoms with van der Waals surface area (Å²) in [6.07, 6.45) is 8.94. The van der Waals surface area contributed by atoms with Gasteiger partial charge in [0.05, 0.1) is 0 Å². The molecule has 0 aliphatic rings. The Balaban J connectivity index is 2.28. The predicted octanol–water partition coefficient (Wildman–Crippen LogP) is 3.96. The molecule has 18 heavy (non-hydrogen) atoms. The molecule has 0 fully saturated rings. The SMILES string of the molecule is C=CCCCCCC(Cc1ccc(Br)cc1)NN. The number of hydrazine groups is 1. The van der Waals surface area contributed by atoms with Crippen molar-refractivity contribution in [1.29, 1.82) is 0 Å². The van der Waals surface area contributed by atoms with E-state index in [4.69, 9.17) is 5.84 Å². The number of hydrogen-bond donors (Lipinski definition) is 2. The first-order chi connectivity index (χ1) is 8.76. The molecule has 0 saturated heterocycles. The van der Waals surface area contributed by atoms with E-state index in [1.54, 1.807) is 0 Å². The van der Waals surface area contributed by atoms with Crippen molar-refractivity contribution in [2.45, 2.75) is 44.6 Å². The van der Waals surface area contributed by atoms with E-state index in [9.17, 15) is 0 Å². The first-order valence-electron chi connectivity index (χ1n) is 6.57. The lowest BCUT2D eigenvalue weighted by Gasteiger charge is -2.15. The summed E-state index contributed by atoms with van der Waals surface area (Å²) >= 11 is 3.45. The number of halogens is 1. The molecule has 0 spiro atoms. The zero-order valence-corrected chi connectivity index (χ0v) is 12.5. The van der Waals surface area contributed by atoms with Gasteiger partial charge < -0.3 is 0 Å². The molecule has 0 saturated carbocycles. The van der Waals surface area contributed by atoms with Crippen LogP contribution in [0.2, 0.25) is 0 Å². The summed E-state index contributed by atoms with van der Waals surface area (Å²) in [5.74, 6) is 5.62. The van der Waals surface area contributed by atoms with E-state index in [2.05, 4.69) is 52.2 Å². The Morgan fingerprint density at radius 3 is 2.56 bits per heavy atom. The number of unbranched alkanes of at least 4 members (excludes halogenated alkanes) is 3. The molecule has 1 rings (SSSR count). The maximum Gasteiger partial charge on any atom is 0.0250 e. The van der Waals surface area contributed by atoms with Crippen LogP contribution in [0.4, 0.5) is 0 Å². The highest BCUT2D eigenvalue weighted by molar-refractivity contribution is 9.10. The summed E-state index contributed by atoms with van der Waals surface area (Å²) in [5, 5.41) is 0. The molecule has 3 N–H and O–H groups in total. The van der Waals surface area contributed by atoms with Crippen molar-refractivity contribution in [1.82, 2.24) is 5.43 Å². The highest BCUT2D eigenvalue weighted by Crippen LogP contribution is 2.14. The third-order valence-corrected chi connectivity index (χ3v) is 3.62. The van der Waals surface area contributed by atoms with E-state index in [1.807, 2.05) is 6.08 Å². The van der Waals surface area contributed by atoms with Gasteiger partial charge in [-0.1, -0.05) is 47.0 Å². The van der Waals surface area contributed by atoms with E-state index < -0.39 is 0 Å². The minimum Gasteiger partial charge on any atom is -0.271 e. The lowest BCUT2D eigenvalue weighted by Crippen LogP contribution is -2.36. The summed E-state index contributed by atoms with van der Waals surface area (Å²) in [5.41, 5.74) is 4.25. The van der Waals surface area contributed by atoms with Gasteiger partial charge in [0.25, 0.3) is 0 Å². The van der Waals surface area contributed by atoms with Gasteiger partial charge in [0, 0.05) is 10.5 Å². The topological polar surface area (TPSA) is 38.0 Å². The van der Waals surface area contributed by atoms with Gasteiger partial charge in [0.15, 0.2) is 0 Å². The van der Waals surface area contributed by atoms with Crippen molar-refractivity contribution in [3.8, 4) is 0 Å². The van der Waals surface area contributed by atoms with E-state index in [0.29, 0.717) is 6.04 Å². The van der Waals surface area contributed by atoms with E-state index in [0.717, 1.165) is 23.7 Å². The summed E-state index contributed by atoms with van der Waals surface area (Å²) < 4.78 is 1.12. The van der Waals surface area contributed by atoms with Crippen molar-refractivity contribution < 1.29 is 0 Å². The maximum absolute atomic E-state index is 5.62. The Labute approximate surface area is 119 Å². The van der Waals surface area contributed by atoms with Crippen LogP contribution in [0, 0.1) is 0 Å². The summed E-state index contributed by atoms with van der Waals surface area (Å²) in [6, 6.07) is 8.81. The van der Waals surface area contributed by atoms with Gasteiger partial charge in [-0.25, -0.2) is 0 Å². The van der Waals surface area contributed by atoms with Crippen molar-refractivity contribution in [2.75, 3.05) is 0 Å². The molecule has 0 bridgehead atoms. The molecule has 100 valence electrons. The largest absolute Gasteiger partial charge is 0.271 e. The Morgan fingerprint density at radius 1 is 1.22 bits per heavy atom. The normalized spacial score (nSPS) is 12.3. The van der Waals surface area contributed by atoms with Crippen molar-refractivity contribution in [3.63, 3.8) is 0 Å². The first kappa shape index (κ1) is 15.4. The van der Waals surface area contributed by atoms with Crippen LogP contribution >= 0.6 is 15.9 Å². The first-order valence-corrected chi connectivity index (χ1v) is 7.37. The lowest BCUT2D eigenvalue weighted by molar-refractivity contribution is 0.464. The number of nitrogens with two attached hydrogens (primary N) is 1. The van der Waals surface area contributed by atoms with Crippen LogP contribution < -0.4 is 11.3 Å². The monoisotopic (exact) mass is 310 g/mol. The second-order valence-electron chi connectivity index (χ2n) is 4.62. The molecule has 0 aliphatic heterocycles. The zero-order chi connectivity index (χ0) is 13.2. The molecule has 1 unspecified atom stereocenters. The van der Waals surface area contributed by atoms with Gasteiger partial charge in [0.2, 0.25) is 0 Å². The molecule has 1 atom stereocenters. The Morgan fingerprint density at radius 2 is 1.94 bits per heavy atom. The van der Waals surface area contributed by atoms with Crippen molar-refractivity contribution in [3.05, 3.63) is 47.0 Å². The standard InChI is InChI=1S/C15H23BrN2/c1-2-3-4-5-6-7-15(18-17)12-13-8-10-14(16)11-9-13/h2,8-11,15,18H,1,3-7,12,17H2. The lowest BCUT2D eigenvalue weighted by atomic mass is 10.0. The number of allylic oxidation sites excluding steroid dienone is 1. The fourth-order valence-corrected chi connectivity index (χ4v) is 2.27. The van der Waals surface area contributed by atoms with Gasteiger partial charge in [-0.05, 0) is 43.4 Å². The molecule has 3 heteroatoms. The van der Waals surface area contributed by atoms with Crippen LogP contribution in [-0.2, 0) is 6.42 Å². The van der Waals surface area contributed by atoms with Crippen LogP contribution in [0.1, 0.15) is 37.7 Å². The smallest absolute Gasteiger partial charge is 0.0250 e. The quantitative estimate of drug-likeness (QED) is 0.313. The zero-order valence-electron chi connectivity index (χ0n) is 10.9. The molecule has 0 aliphatic carbocycles. The minimum atomic E-state index is 0.370. The number of benzene rings is 1. The molecule has 0 heterocycles. The third kappa shape index (κ3) is 6.34. The summed E-state index contributed by atoms with van der Waals surface area (Å²) in [4.78, 5) is 0. The fourth-order valence-electron chi connectivity index (χ4n) is 2.01. The minimum absolute atomic E-state index is 0.370. The summed E-state index contributed by atoms with van der Waals surface area (Å²) in [6.45, 7) is 3.74. The molecule has 0 radical (unpaired) electrons. The third-order valence-electron chi connectivity index (χ3n) is 3.09. The van der Waals surface area contributed by atoms with Crippen molar-refractivity contribution >= 4 is 15.9 Å². The molecule has 0 amide bonds. The van der Waals surface area contributed by atoms with Crippen molar-refractivity contribution in [2.24, 2.45) is 5.84 Å². The van der Waals surface area contributed by atoms with Crippen LogP contribution in [0.25, 0.3) is 0 Å². The Bertz CT molecular complexity index is 335. The van der Waals surface area contributed by atoms with Gasteiger partial charge in [-0.15, -0.1) is 6.58 Å². The molecule has 0 aromatic heterocycles. The van der Waals surface area contributed by atoms with Gasteiger partial charge in [-0.3, -0.25) is 11.3 Å². The number of nitrogens with one attached hydrogen (secondary N) is 1. The van der Waals surface area contributed by atoms with Gasteiger partial charge >= 0.3 is 0 Å². The highest BCUT2D eigenvalue weighted by Gasteiger charge is 2.07. The van der Waals surface area contributed by atoms with Crippen LogP contribution in [-0.4, -0.2) is 6.04 Å². The highest BCUT2D eigenvalue weighted by atomic mass is 79.9. The Hall–Kier alpha value is -0.640. The van der Waals surface area contributed by atoms with Crippen LogP contribution in [0.5, 0.6) is 0 Å². The average molecular weight is 311 g/mol. The average Bonchev–Trinajstić information content (AvgIpc) is 2.39. The van der Waals surface area contributed by atoms with Crippen LogP contribution in [0.3, 0.4) is 0 Å². The van der Waals surface area contributed by atoms with E-state index in [1.165, 1.54) is 24.8 Å². The van der Waals surface area contributed by atoms with Crippen LogP contribution in [0.15, 0.2) is 41.4 Å². The second-order valence-corrected chi connectivity index (χ2v) is 5.54. The molecule has 2 nitrogen and oxygen atoms in total. The number of hydrogen-bond acceptors (Lipinski definition) is 2. The van der Waals surface area contributed by atoms with E-state index in [-0.39, 0.29) is 0 Å². The predicted molar refractivity (Wildman–Crippen MR) is 82.2 cm³/mol.